The van der Waals surface area contributed by atoms with E-state index in [2.05, 4.69) is 10.3 Å². The van der Waals surface area contributed by atoms with E-state index >= 15 is 0 Å². The van der Waals surface area contributed by atoms with E-state index in [0.29, 0.717) is 30.0 Å². The van der Waals surface area contributed by atoms with Gasteiger partial charge in [-0.05, 0) is 36.1 Å². The number of aryl methyl sites for hydroxylation is 2. The molecule has 2 heterocycles. The molecule has 8 nitrogen and oxygen atoms in total. The summed E-state index contributed by atoms with van der Waals surface area (Å²) in [5.74, 6) is 1.08. The molecule has 0 radical (unpaired) electrons. The molecule has 178 valence electrons. The van der Waals surface area contributed by atoms with Gasteiger partial charge in [-0.2, -0.15) is 0 Å². The van der Waals surface area contributed by atoms with Gasteiger partial charge in [-0.3, -0.25) is 14.2 Å². The molecule has 1 aliphatic rings. The lowest BCUT2D eigenvalue weighted by Gasteiger charge is -2.24. The summed E-state index contributed by atoms with van der Waals surface area (Å²) in [7, 11) is 5.60. The van der Waals surface area contributed by atoms with Crippen LogP contribution in [0.25, 0.3) is 11.4 Å². The average Bonchev–Trinajstić information content (AvgIpc) is 3.13. The molecular formula is C26H31N5O3. The van der Waals surface area contributed by atoms with Gasteiger partial charge in [0.1, 0.15) is 23.4 Å². The molecule has 0 amide bonds. The Morgan fingerprint density at radius 3 is 2.68 bits per heavy atom. The zero-order valence-electron chi connectivity index (χ0n) is 20.5. The number of hydrogen-bond acceptors (Lipinski definition) is 7. The first kappa shape index (κ1) is 23.5. The number of hydrogen-bond donors (Lipinski definition) is 1. The van der Waals surface area contributed by atoms with Crippen molar-refractivity contribution in [1.29, 1.82) is 0 Å². The Bertz CT molecular complexity index is 1300. The zero-order chi connectivity index (χ0) is 24.6. The number of benzene rings is 1. The lowest BCUT2D eigenvalue weighted by molar-refractivity contribution is -0.146. The van der Waals surface area contributed by atoms with E-state index in [4.69, 9.17) is 9.72 Å². The molecule has 0 fully saturated rings. The van der Waals surface area contributed by atoms with Crippen molar-refractivity contribution in [1.82, 2.24) is 14.5 Å². The standard InChI is InChI=1S/C26H31N5O3/c1-7-20-24(29-23-18-11-9-8-10-17(18)13-21(23)34-16(3)32)26(33)31(6)25(28-20)19-14-27-22(30(4)5)12-15(19)2/h8-12,14,21,23,29H,7,13H2,1-6H3. The van der Waals surface area contributed by atoms with Gasteiger partial charge in [-0.1, -0.05) is 31.2 Å². The first-order valence-electron chi connectivity index (χ1n) is 11.5. The number of nitrogens with one attached hydrogen (secondary N) is 1. The molecule has 1 aromatic carbocycles. The topological polar surface area (TPSA) is 89.3 Å². The average molecular weight is 462 g/mol. The van der Waals surface area contributed by atoms with E-state index in [-0.39, 0.29) is 17.6 Å². The van der Waals surface area contributed by atoms with Gasteiger partial charge in [-0.15, -0.1) is 0 Å². The van der Waals surface area contributed by atoms with E-state index in [1.807, 2.05) is 63.2 Å². The SMILES string of the molecule is CCc1nc(-c2cnc(N(C)C)cc2C)n(C)c(=O)c1NC1c2ccccc2CC1OC(C)=O. The summed E-state index contributed by atoms with van der Waals surface area (Å²) in [6.45, 7) is 5.38. The Hall–Kier alpha value is -3.68. The Labute approximate surface area is 199 Å². The van der Waals surface area contributed by atoms with Crippen molar-refractivity contribution in [2.45, 2.75) is 45.8 Å². The van der Waals surface area contributed by atoms with Crippen LogP contribution >= 0.6 is 0 Å². The van der Waals surface area contributed by atoms with Gasteiger partial charge in [0.15, 0.2) is 0 Å². The van der Waals surface area contributed by atoms with E-state index in [1.165, 1.54) is 6.92 Å². The minimum atomic E-state index is -0.394. The highest BCUT2D eigenvalue weighted by Gasteiger charge is 2.35. The Kier molecular flexibility index (Phi) is 6.41. The molecule has 0 spiro atoms. The number of anilines is 2. The smallest absolute Gasteiger partial charge is 0.302 e. The summed E-state index contributed by atoms with van der Waals surface area (Å²) in [5, 5.41) is 3.40. The number of pyridine rings is 1. The molecule has 4 rings (SSSR count). The molecule has 2 unspecified atom stereocenters. The molecule has 1 aliphatic carbocycles. The molecular weight excluding hydrogens is 430 g/mol. The fraction of sp³-hybridized carbons (Fsp3) is 0.385. The van der Waals surface area contributed by atoms with Crippen molar-refractivity contribution in [2.24, 2.45) is 7.05 Å². The zero-order valence-corrected chi connectivity index (χ0v) is 20.5. The molecule has 34 heavy (non-hydrogen) atoms. The number of ether oxygens (including phenoxy) is 1. The van der Waals surface area contributed by atoms with Crippen LogP contribution in [0.4, 0.5) is 11.5 Å². The summed E-state index contributed by atoms with van der Waals surface area (Å²) >= 11 is 0. The number of fused-ring (bicyclic) bond motifs is 1. The second kappa shape index (κ2) is 9.29. The maximum atomic E-state index is 13.6. The maximum absolute atomic E-state index is 13.6. The van der Waals surface area contributed by atoms with Crippen molar-refractivity contribution in [3.8, 4) is 11.4 Å². The largest absolute Gasteiger partial charge is 0.460 e. The fourth-order valence-electron chi connectivity index (χ4n) is 4.52. The van der Waals surface area contributed by atoms with Crippen LogP contribution in [-0.2, 0) is 29.4 Å². The van der Waals surface area contributed by atoms with Crippen LogP contribution in [0, 0.1) is 6.92 Å². The molecule has 0 aliphatic heterocycles. The van der Waals surface area contributed by atoms with E-state index in [9.17, 15) is 9.59 Å². The van der Waals surface area contributed by atoms with Crippen LogP contribution in [0.15, 0.2) is 41.3 Å². The molecule has 2 atom stereocenters. The highest BCUT2D eigenvalue weighted by atomic mass is 16.5. The third-order valence-electron chi connectivity index (χ3n) is 6.30. The molecule has 1 N–H and O–H groups in total. The number of carbonyl (C=O) groups is 1. The molecule has 3 aromatic rings. The minimum absolute atomic E-state index is 0.177. The van der Waals surface area contributed by atoms with Crippen LogP contribution in [0.3, 0.4) is 0 Å². The van der Waals surface area contributed by atoms with E-state index in [1.54, 1.807) is 17.8 Å². The first-order valence-corrected chi connectivity index (χ1v) is 11.5. The molecule has 0 saturated heterocycles. The van der Waals surface area contributed by atoms with Gasteiger partial charge in [0, 0.05) is 46.2 Å². The van der Waals surface area contributed by atoms with Gasteiger partial charge in [0.2, 0.25) is 0 Å². The van der Waals surface area contributed by atoms with Crippen LogP contribution in [0.2, 0.25) is 0 Å². The van der Waals surface area contributed by atoms with Crippen molar-refractivity contribution in [2.75, 3.05) is 24.3 Å². The predicted molar refractivity (Wildman–Crippen MR) is 133 cm³/mol. The lowest BCUT2D eigenvalue weighted by Crippen LogP contribution is -2.32. The quantitative estimate of drug-likeness (QED) is 0.563. The highest BCUT2D eigenvalue weighted by Crippen LogP contribution is 2.36. The van der Waals surface area contributed by atoms with E-state index < -0.39 is 6.10 Å². The third kappa shape index (κ3) is 4.27. The molecule has 0 bridgehead atoms. The summed E-state index contributed by atoms with van der Waals surface area (Å²) in [6.07, 6.45) is 2.54. The Morgan fingerprint density at radius 2 is 2.03 bits per heavy atom. The number of nitrogens with zero attached hydrogens (tertiary/aromatic N) is 4. The predicted octanol–water partition coefficient (Wildman–Crippen LogP) is 3.42. The first-order chi connectivity index (χ1) is 16.2. The monoisotopic (exact) mass is 461 g/mol. The number of rotatable bonds is 6. The Balaban J connectivity index is 1.77. The van der Waals surface area contributed by atoms with Crippen LogP contribution in [-0.4, -0.2) is 40.7 Å². The van der Waals surface area contributed by atoms with Gasteiger partial charge >= 0.3 is 5.97 Å². The van der Waals surface area contributed by atoms with Crippen molar-refractivity contribution in [3.05, 3.63) is 69.3 Å². The van der Waals surface area contributed by atoms with Crippen molar-refractivity contribution < 1.29 is 9.53 Å². The Morgan fingerprint density at radius 1 is 1.29 bits per heavy atom. The van der Waals surface area contributed by atoms with Crippen LogP contribution in [0.5, 0.6) is 0 Å². The molecule has 0 saturated carbocycles. The van der Waals surface area contributed by atoms with Crippen LogP contribution < -0.4 is 15.8 Å². The van der Waals surface area contributed by atoms with Crippen molar-refractivity contribution in [3.63, 3.8) is 0 Å². The summed E-state index contributed by atoms with van der Waals surface area (Å²) in [6, 6.07) is 9.62. The van der Waals surface area contributed by atoms with Gasteiger partial charge in [0.25, 0.3) is 5.56 Å². The second-order valence-corrected chi connectivity index (χ2v) is 8.90. The summed E-state index contributed by atoms with van der Waals surface area (Å²) < 4.78 is 7.18. The molecule has 2 aromatic heterocycles. The normalized spacial score (nSPS) is 16.8. The van der Waals surface area contributed by atoms with Gasteiger partial charge in [-0.25, -0.2) is 9.97 Å². The van der Waals surface area contributed by atoms with Gasteiger partial charge in [0.05, 0.1) is 11.7 Å². The third-order valence-corrected chi connectivity index (χ3v) is 6.30. The lowest BCUT2D eigenvalue weighted by atomic mass is 10.1. The fourth-order valence-corrected chi connectivity index (χ4v) is 4.52. The molecule has 8 heteroatoms. The number of carbonyl (C=O) groups excluding carboxylic acids is 1. The maximum Gasteiger partial charge on any atom is 0.302 e. The van der Waals surface area contributed by atoms with E-state index in [0.717, 1.165) is 28.1 Å². The second-order valence-electron chi connectivity index (χ2n) is 8.90. The summed E-state index contributed by atoms with van der Waals surface area (Å²) in [4.78, 5) is 36.7. The summed E-state index contributed by atoms with van der Waals surface area (Å²) in [5.41, 5.74) is 4.86. The van der Waals surface area contributed by atoms with Crippen LogP contribution in [0.1, 0.15) is 42.3 Å². The minimum Gasteiger partial charge on any atom is -0.460 e. The highest BCUT2D eigenvalue weighted by molar-refractivity contribution is 5.67. The number of aromatic nitrogens is 3. The van der Waals surface area contributed by atoms with Crippen molar-refractivity contribution >= 4 is 17.5 Å². The number of esters is 1. The van der Waals surface area contributed by atoms with Gasteiger partial charge < -0.3 is 15.0 Å².